The van der Waals surface area contributed by atoms with Gasteiger partial charge in [-0.15, -0.1) is 0 Å². The molecule has 3 rings (SSSR count). The summed E-state index contributed by atoms with van der Waals surface area (Å²) in [5, 5.41) is 0.956. The van der Waals surface area contributed by atoms with Crippen LogP contribution in [0.25, 0.3) is 10.9 Å². The van der Waals surface area contributed by atoms with Crippen molar-refractivity contribution < 1.29 is 14.3 Å². The van der Waals surface area contributed by atoms with Gasteiger partial charge < -0.3 is 9.47 Å². The first-order chi connectivity index (χ1) is 10.2. The van der Waals surface area contributed by atoms with Gasteiger partial charge in [-0.1, -0.05) is 12.1 Å². The van der Waals surface area contributed by atoms with Gasteiger partial charge in [-0.2, -0.15) is 0 Å². The molecule has 4 nitrogen and oxygen atoms in total. The second-order valence-corrected chi connectivity index (χ2v) is 4.62. The van der Waals surface area contributed by atoms with E-state index in [1.807, 2.05) is 36.4 Å². The Morgan fingerprint density at radius 1 is 1.00 bits per heavy atom. The van der Waals surface area contributed by atoms with E-state index in [0.29, 0.717) is 11.3 Å². The Labute approximate surface area is 122 Å². The van der Waals surface area contributed by atoms with Crippen LogP contribution in [0, 0.1) is 0 Å². The molecular formula is C17H15NO3. The van der Waals surface area contributed by atoms with Crippen LogP contribution in [-0.2, 0) is 0 Å². The number of fused-ring (bicyclic) bond motifs is 1. The third-order valence-corrected chi connectivity index (χ3v) is 3.45. The molecule has 0 aliphatic heterocycles. The smallest absolute Gasteiger partial charge is 0.266 e. The van der Waals surface area contributed by atoms with Gasteiger partial charge in [-0.05, 0) is 36.4 Å². The second-order valence-electron chi connectivity index (χ2n) is 4.62. The van der Waals surface area contributed by atoms with Crippen LogP contribution in [0.4, 0.5) is 0 Å². The van der Waals surface area contributed by atoms with Crippen LogP contribution in [0.2, 0.25) is 0 Å². The van der Waals surface area contributed by atoms with Crippen molar-refractivity contribution in [3.05, 3.63) is 60.3 Å². The van der Waals surface area contributed by atoms with Gasteiger partial charge in [-0.3, -0.25) is 9.36 Å². The molecule has 0 saturated carbocycles. The minimum absolute atomic E-state index is 0.118. The first-order valence-electron chi connectivity index (χ1n) is 6.57. The summed E-state index contributed by atoms with van der Waals surface area (Å²) in [4.78, 5) is 12.7. The molecule has 2 aromatic carbocycles. The molecule has 0 bridgehead atoms. The number of para-hydroxylation sites is 1. The van der Waals surface area contributed by atoms with E-state index in [-0.39, 0.29) is 5.91 Å². The molecule has 21 heavy (non-hydrogen) atoms. The number of hydrogen-bond donors (Lipinski definition) is 0. The molecule has 0 saturated heterocycles. The molecule has 0 aliphatic carbocycles. The van der Waals surface area contributed by atoms with Crippen LogP contribution < -0.4 is 9.47 Å². The number of carbonyl (C=O) groups is 1. The molecule has 0 radical (unpaired) electrons. The molecule has 106 valence electrons. The molecule has 3 aromatic rings. The zero-order chi connectivity index (χ0) is 14.8. The van der Waals surface area contributed by atoms with Crippen LogP contribution >= 0.6 is 0 Å². The number of methoxy groups -OCH3 is 2. The quantitative estimate of drug-likeness (QED) is 0.739. The Bertz CT molecular complexity index is 805. The fraction of sp³-hybridized carbons (Fsp3) is 0.118. The molecule has 0 aliphatic rings. The van der Waals surface area contributed by atoms with E-state index in [1.165, 1.54) is 0 Å². The SMILES string of the molecule is COc1ccc2c(ccn2C(=O)c2ccccc2OC)c1. The van der Waals surface area contributed by atoms with Crippen LogP contribution in [0.3, 0.4) is 0 Å². The highest BCUT2D eigenvalue weighted by atomic mass is 16.5. The molecule has 0 fully saturated rings. The molecule has 4 heteroatoms. The molecule has 0 N–H and O–H groups in total. The fourth-order valence-corrected chi connectivity index (χ4v) is 2.38. The molecule has 0 amide bonds. The largest absolute Gasteiger partial charge is 0.497 e. The zero-order valence-electron chi connectivity index (χ0n) is 11.9. The minimum atomic E-state index is -0.118. The number of benzene rings is 2. The highest BCUT2D eigenvalue weighted by Crippen LogP contribution is 2.25. The van der Waals surface area contributed by atoms with E-state index in [9.17, 15) is 4.79 Å². The van der Waals surface area contributed by atoms with E-state index < -0.39 is 0 Å². The summed E-state index contributed by atoms with van der Waals surface area (Å²) < 4.78 is 12.1. The van der Waals surface area contributed by atoms with Crippen LogP contribution in [0.5, 0.6) is 11.5 Å². The predicted octanol–water partition coefficient (Wildman–Crippen LogP) is 3.35. The fourth-order valence-electron chi connectivity index (χ4n) is 2.38. The van der Waals surface area contributed by atoms with Gasteiger partial charge in [-0.25, -0.2) is 0 Å². The number of ether oxygens (including phenoxy) is 2. The van der Waals surface area contributed by atoms with Gasteiger partial charge >= 0.3 is 0 Å². The van der Waals surface area contributed by atoms with Crippen molar-refractivity contribution in [3.8, 4) is 11.5 Å². The number of hydrogen-bond acceptors (Lipinski definition) is 3. The lowest BCUT2D eigenvalue weighted by Crippen LogP contribution is -2.11. The maximum absolute atomic E-state index is 12.7. The zero-order valence-corrected chi connectivity index (χ0v) is 11.9. The predicted molar refractivity (Wildman–Crippen MR) is 81.2 cm³/mol. The lowest BCUT2D eigenvalue weighted by atomic mass is 10.2. The lowest BCUT2D eigenvalue weighted by Gasteiger charge is -2.09. The van der Waals surface area contributed by atoms with Crippen LogP contribution in [-0.4, -0.2) is 24.7 Å². The molecule has 1 aromatic heterocycles. The van der Waals surface area contributed by atoms with Gasteiger partial charge in [0, 0.05) is 11.6 Å². The van der Waals surface area contributed by atoms with Crippen molar-refractivity contribution in [2.45, 2.75) is 0 Å². The Balaban J connectivity index is 2.10. The summed E-state index contributed by atoms with van der Waals surface area (Å²) in [6.45, 7) is 0. The van der Waals surface area contributed by atoms with Gasteiger partial charge in [0.15, 0.2) is 0 Å². The van der Waals surface area contributed by atoms with E-state index >= 15 is 0 Å². The summed E-state index contributed by atoms with van der Waals surface area (Å²) in [6.07, 6.45) is 1.76. The Morgan fingerprint density at radius 3 is 2.57 bits per heavy atom. The normalized spacial score (nSPS) is 10.6. The third kappa shape index (κ3) is 2.25. The lowest BCUT2D eigenvalue weighted by molar-refractivity contribution is 0.0962. The summed E-state index contributed by atoms with van der Waals surface area (Å²) in [5.41, 5.74) is 1.38. The molecule has 1 heterocycles. The van der Waals surface area contributed by atoms with E-state index in [2.05, 4.69) is 0 Å². The molecule has 0 unspecified atom stereocenters. The van der Waals surface area contributed by atoms with Crippen LogP contribution in [0.15, 0.2) is 54.7 Å². The summed E-state index contributed by atoms with van der Waals surface area (Å²) in [5.74, 6) is 1.22. The molecule has 0 atom stereocenters. The van der Waals surface area contributed by atoms with Crippen molar-refractivity contribution in [3.63, 3.8) is 0 Å². The third-order valence-electron chi connectivity index (χ3n) is 3.45. The van der Waals surface area contributed by atoms with Crippen molar-refractivity contribution in [1.82, 2.24) is 4.57 Å². The highest BCUT2D eigenvalue weighted by molar-refractivity contribution is 6.04. The maximum Gasteiger partial charge on any atom is 0.266 e. The van der Waals surface area contributed by atoms with Gasteiger partial charge in [0.05, 0.1) is 25.3 Å². The van der Waals surface area contributed by atoms with Crippen molar-refractivity contribution in [1.29, 1.82) is 0 Å². The molecule has 0 spiro atoms. The Hall–Kier alpha value is -2.75. The highest BCUT2D eigenvalue weighted by Gasteiger charge is 2.15. The first-order valence-corrected chi connectivity index (χ1v) is 6.57. The minimum Gasteiger partial charge on any atom is -0.497 e. The average molecular weight is 281 g/mol. The maximum atomic E-state index is 12.7. The van der Waals surface area contributed by atoms with Gasteiger partial charge in [0.2, 0.25) is 0 Å². The number of carbonyl (C=O) groups excluding carboxylic acids is 1. The Morgan fingerprint density at radius 2 is 1.81 bits per heavy atom. The van der Waals surface area contributed by atoms with E-state index in [1.54, 1.807) is 37.1 Å². The number of aromatic nitrogens is 1. The Kier molecular flexibility index (Phi) is 3.36. The first kappa shape index (κ1) is 13.2. The van der Waals surface area contributed by atoms with Gasteiger partial charge in [0.1, 0.15) is 11.5 Å². The number of nitrogens with zero attached hydrogens (tertiary/aromatic N) is 1. The molecular weight excluding hydrogens is 266 g/mol. The summed E-state index contributed by atoms with van der Waals surface area (Å²) >= 11 is 0. The van der Waals surface area contributed by atoms with Crippen molar-refractivity contribution in [2.75, 3.05) is 14.2 Å². The number of rotatable bonds is 3. The summed E-state index contributed by atoms with van der Waals surface area (Å²) in [7, 11) is 3.18. The monoisotopic (exact) mass is 281 g/mol. The van der Waals surface area contributed by atoms with Crippen LogP contribution in [0.1, 0.15) is 10.4 Å². The standard InChI is InChI=1S/C17H15NO3/c1-20-13-7-8-15-12(11-13)9-10-18(15)17(19)14-5-3-4-6-16(14)21-2/h3-11H,1-2H3. The van der Waals surface area contributed by atoms with E-state index in [0.717, 1.165) is 16.7 Å². The van der Waals surface area contributed by atoms with Crippen molar-refractivity contribution in [2.24, 2.45) is 0 Å². The van der Waals surface area contributed by atoms with Crippen molar-refractivity contribution >= 4 is 16.8 Å². The topological polar surface area (TPSA) is 40.5 Å². The second kappa shape index (κ2) is 5.32. The van der Waals surface area contributed by atoms with Gasteiger partial charge in [0.25, 0.3) is 5.91 Å². The summed E-state index contributed by atoms with van der Waals surface area (Å²) in [6, 6.07) is 14.7. The average Bonchev–Trinajstić information content (AvgIpc) is 2.97. The van der Waals surface area contributed by atoms with E-state index in [4.69, 9.17) is 9.47 Å².